The molecule has 1 aromatic carbocycles. The molecule has 23 heavy (non-hydrogen) atoms. The van der Waals surface area contributed by atoms with Crippen molar-refractivity contribution in [3.8, 4) is 0 Å². The lowest BCUT2D eigenvalue weighted by Crippen LogP contribution is -2.61. The third kappa shape index (κ3) is 3.12. The highest BCUT2D eigenvalue weighted by atomic mass is 35.5. The molecule has 0 atom stereocenters. The van der Waals surface area contributed by atoms with Crippen molar-refractivity contribution in [3.63, 3.8) is 0 Å². The number of benzene rings is 1. The van der Waals surface area contributed by atoms with Crippen molar-refractivity contribution in [1.82, 2.24) is 10.6 Å². The van der Waals surface area contributed by atoms with Crippen LogP contribution in [0.3, 0.4) is 0 Å². The second-order valence-corrected chi connectivity index (χ2v) is 8.06. The van der Waals surface area contributed by atoms with Crippen LogP contribution in [0.1, 0.15) is 44.1 Å². The number of rotatable bonds is 3. The first-order valence-electron chi connectivity index (χ1n) is 8.62. The maximum atomic E-state index is 12.3. The predicted molar refractivity (Wildman–Crippen MR) is 93.1 cm³/mol. The van der Waals surface area contributed by atoms with Gasteiger partial charge in [-0.3, -0.25) is 0 Å². The van der Waals surface area contributed by atoms with E-state index in [4.69, 9.17) is 11.6 Å². The number of urea groups is 1. The van der Waals surface area contributed by atoms with Gasteiger partial charge >= 0.3 is 6.03 Å². The summed E-state index contributed by atoms with van der Waals surface area (Å²) in [7, 11) is 0. The summed E-state index contributed by atoms with van der Waals surface area (Å²) in [6.07, 6.45) is 11.2. The number of hydrogen-bond acceptors (Lipinski definition) is 1. The van der Waals surface area contributed by atoms with Crippen molar-refractivity contribution in [2.45, 2.75) is 44.1 Å². The summed E-state index contributed by atoms with van der Waals surface area (Å²) in [6.45, 7) is 0. The third-order valence-corrected chi connectivity index (χ3v) is 6.14. The van der Waals surface area contributed by atoms with Gasteiger partial charge in [0.2, 0.25) is 0 Å². The van der Waals surface area contributed by atoms with Crippen molar-refractivity contribution < 1.29 is 4.79 Å². The van der Waals surface area contributed by atoms with Crippen molar-refractivity contribution >= 4 is 23.7 Å². The van der Waals surface area contributed by atoms with Crippen LogP contribution in [0.25, 0.3) is 6.08 Å². The molecule has 0 heterocycles. The number of halogens is 1. The van der Waals surface area contributed by atoms with Gasteiger partial charge in [-0.1, -0.05) is 29.8 Å². The van der Waals surface area contributed by atoms with E-state index in [0.717, 1.165) is 23.3 Å². The van der Waals surface area contributed by atoms with E-state index in [1.54, 1.807) is 6.20 Å². The minimum absolute atomic E-state index is 0.0526. The number of nitrogens with one attached hydrogen (secondary N) is 2. The SMILES string of the molecule is O=C(N/C=C/c1ccccc1Cl)NC12CC3CC(CC(C3)C1)C2. The quantitative estimate of drug-likeness (QED) is 0.836. The van der Waals surface area contributed by atoms with E-state index in [1.807, 2.05) is 30.3 Å². The Morgan fingerprint density at radius 2 is 1.70 bits per heavy atom. The fourth-order valence-corrected chi connectivity index (χ4v) is 5.56. The van der Waals surface area contributed by atoms with Crippen LogP contribution in [0.15, 0.2) is 30.5 Å². The lowest BCUT2D eigenvalue weighted by molar-refractivity contribution is -0.0133. The molecule has 2 amide bonds. The summed E-state index contributed by atoms with van der Waals surface area (Å²) in [5.41, 5.74) is 0.959. The molecule has 4 aliphatic rings. The zero-order valence-electron chi connectivity index (χ0n) is 13.2. The van der Waals surface area contributed by atoms with E-state index in [2.05, 4.69) is 10.6 Å². The molecule has 4 aliphatic carbocycles. The Kier molecular flexibility index (Phi) is 3.84. The van der Waals surface area contributed by atoms with Gasteiger partial charge in [0.1, 0.15) is 0 Å². The highest BCUT2D eigenvalue weighted by Gasteiger charge is 2.51. The normalized spacial score (nSPS) is 34.7. The lowest BCUT2D eigenvalue weighted by atomic mass is 9.53. The van der Waals surface area contributed by atoms with Crippen molar-refractivity contribution in [2.75, 3.05) is 0 Å². The Bertz CT molecular complexity index is 605. The number of hydrogen-bond donors (Lipinski definition) is 2. The van der Waals surface area contributed by atoms with Gasteiger partial charge < -0.3 is 10.6 Å². The van der Waals surface area contributed by atoms with Crippen molar-refractivity contribution in [3.05, 3.63) is 41.1 Å². The predicted octanol–water partition coefficient (Wildman–Crippen LogP) is 4.58. The van der Waals surface area contributed by atoms with Crippen molar-refractivity contribution in [2.24, 2.45) is 17.8 Å². The molecule has 0 aliphatic heterocycles. The summed E-state index contributed by atoms with van der Waals surface area (Å²) < 4.78 is 0. The topological polar surface area (TPSA) is 41.1 Å². The molecule has 3 nitrogen and oxygen atoms in total. The van der Waals surface area contributed by atoms with Gasteiger partial charge in [-0.05, 0) is 74.0 Å². The van der Waals surface area contributed by atoms with Gasteiger partial charge in [0.25, 0.3) is 0 Å². The summed E-state index contributed by atoms with van der Waals surface area (Å²) in [4.78, 5) is 12.3. The molecule has 5 rings (SSSR count). The molecule has 4 saturated carbocycles. The van der Waals surface area contributed by atoms with Crippen LogP contribution in [0, 0.1) is 17.8 Å². The fourth-order valence-electron chi connectivity index (χ4n) is 5.36. The van der Waals surface area contributed by atoms with Crippen LogP contribution in [-0.2, 0) is 0 Å². The summed E-state index contributed by atoms with van der Waals surface area (Å²) in [5.74, 6) is 2.50. The molecule has 122 valence electrons. The Labute approximate surface area is 142 Å². The second-order valence-electron chi connectivity index (χ2n) is 7.65. The molecule has 4 bridgehead atoms. The molecule has 4 fully saturated rings. The fraction of sp³-hybridized carbons (Fsp3) is 0.526. The molecule has 4 heteroatoms. The Balaban J connectivity index is 1.36. The standard InChI is InChI=1S/C19H23ClN2O/c20-17-4-2-1-3-16(17)5-6-21-18(23)22-19-10-13-7-14(11-19)9-15(8-13)12-19/h1-6,13-15H,7-12H2,(H2,21,22,23)/b6-5+. The van der Waals surface area contributed by atoms with E-state index < -0.39 is 0 Å². The van der Waals surface area contributed by atoms with Crippen LogP contribution in [0.4, 0.5) is 4.79 Å². The molecule has 1 aromatic rings. The zero-order valence-corrected chi connectivity index (χ0v) is 14.0. The first-order chi connectivity index (χ1) is 11.1. The molecule has 0 saturated heterocycles. The Morgan fingerprint density at radius 3 is 2.30 bits per heavy atom. The van der Waals surface area contributed by atoms with Gasteiger partial charge in [0, 0.05) is 16.8 Å². The van der Waals surface area contributed by atoms with E-state index in [1.165, 1.54) is 38.5 Å². The minimum Gasteiger partial charge on any atom is -0.332 e. The highest BCUT2D eigenvalue weighted by Crippen LogP contribution is 2.55. The van der Waals surface area contributed by atoms with E-state index >= 15 is 0 Å². The molecule has 0 unspecified atom stereocenters. The average molecular weight is 331 g/mol. The second kappa shape index (κ2) is 5.86. The average Bonchev–Trinajstić information content (AvgIpc) is 2.47. The van der Waals surface area contributed by atoms with E-state index in [0.29, 0.717) is 5.02 Å². The third-order valence-electron chi connectivity index (χ3n) is 5.80. The maximum absolute atomic E-state index is 12.3. The number of carbonyl (C=O) groups is 1. The van der Waals surface area contributed by atoms with Crippen LogP contribution in [-0.4, -0.2) is 11.6 Å². The highest BCUT2D eigenvalue weighted by molar-refractivity contribution is 6.32. The van der Waals surface area contributed by atoms with E-state index in [-0.39, 0.29) is 11.6 Å². The maximum Gasteiger partial charge on any atom is 0.319 e. The van der Waals surface area contributed by atoms with Crippen LogP contribution in [0.5, 0.6) is 0 Å². The monoisotopic (exact) mass is 330 g/mol. The molecule has 2 N–H and O–H groups in total. The van der Waals surface area contributed by atoms with Crippen LogP contribution in [0.2, 0.25) is 5.02 Å². The van der Waals surface area contributed by atoms with Gasteiger partial charge in [-0.15, -0.1) is 0 Å². The Morgan fingerprint density at radius 1 is 1.09 bits per heavy atom. The minimum atomic E-state index is -0.0877. The number of amides is 2. The molecule has 0 spiro atoms. The molecular formula is C19H23ClN2O. The van der Waals surface area contributed by atoms with Crippen LogP contribution >= 0.6 is 11.6 Å². The first-order valence-corrected chi connectivity index (χ1v) is 8.99. The lowest BCUT2D eigenvalue weighted by Gasteiger charge is -2.56. The zero-order chi connectivity index (χ0) is 15.9. The Hall–Kier alpha value is -1.48. The van der Waals surface area contributed by atoms with Crippen LogP contribution < -0.4 is 10.6 Å². The van der Waals surface area contributed by atoms with Gasteiger partial charge in [0.15, 0.2) is 0 Å². The smallest absolute Gasteiger partial charge is 0.319 e. The summed E-state index contributed by atoms with van der Waals surface area (Å²) in [5, 5.41) is 6.82. The molecular weight excluding hydrogens is 308 g/mol. The van der Waals surface area contributed by atoms with E-state index in [9.17, 15) is 4.79 Å². The summed E-state index contributed by atoms with van der Waals surface area (Å²) >= 11 is 6.10. The summed E-state index contributed by atoms with van der Waals surface area (Å²) in [6, 6.07) is 7.51. The van der Waals surface area contributed by atoms with Gasteiger partial charge in [-0.25, -0.2) is 4.79 Å². The van der Waals surface area contributed by atoms with Gasteiger partial charge in [0.05, 0.1) is 0 Å². The molecule has 0 radical (unpaired) electrons. The molecule has 0 aromatic heterocycles. The van der Waals surface area contributed by atoms with Crippen molar-refractivity contribution in [1.29, 1.82) is 0 Å². The first kappa shape index (κ1) is 15.1. The number of carbonyl (C=O) groups excluding carboxylic acids is 1. The van der Waals surface area contributed by atoms with Gasteiger partial charge in [-0.2, -0.15) is 0 Å². The largest absolute Gasteiger partial charge is 0.332 e.